The molecule has 1 N–H and O–H groups in total. The summed E-state index contributed by atoms with van der Waals surface area (Å²) in [4.78, 5) is 14.4. The number of nitrogens with zero attached hydrogens (tertiary/aromatic N) is 2. The first-order valence-corrected chi connectivity index (χ1v) is 8.01. The average molecular weight is 328 g/mol. The average Bonchev–Trinajstić information content (AvgIpc) is 3.11. The lowest BCUT2D eigenvalue weighted by atomic mass is 9.93. The number of rotatable bonds is 4. The maximum Gasteiger partial charge on any atom is 0.262 e. The highest BCUT2D eigenvalue weighted by Crippen LogP contribution is 2.36. The van der Waals surface area contributed by atoms with Gasteiger partial charge in [-0.3, -0.25) is 0 Å². The highest BCUT2D eigenvalue weighted by Gasteiger charge is 2.45. The van der Waals surface area contributed by atoms with Crippen molar-refractivity contribution >= 4 is 11.5 Å². The first-order chi connectivity index (χ1) is 12.3. The van der Waals surface area contributed by atoms with Gasteiger partial charge in [0.05, 0.1) is 0 Å². The van der Waals surface area contributed by atoms with Gasteiger partial charge in [0.2, 0.25) is 0 Å². The molecular weight excluding hydrogens is 312 g/mol. The molecule has 25 heavy (non-hydrogen) atoms. The molecule has 0 unspecified atom stereocenters. The zero-order valence-corrected chi connectivity index (χ0v) is 13.4. The molecule has 0 aliphatic carbocycles. The molecule has 0 amide bonds. The molecule has 1 aliphatic rings. The van der Waals surface area contributed by atoms with E-state index in [9.17, 15) is 5.26 Å². The summed E-state index contributed by atoms with van der Waals surface area (Å²) in [5, 5.41) is 9.88. The molecule has 0 spiro atoms. The van der Waals surface area contributed by atoms with Crippen LogP contribution in [0.2, 0.25) is 0 Å². The van der Waals surface area contributed by atoms with E-state index in [0.717, 1.165) is 11.1 Å². The zero-order valence-electron chi connectivity index (χ0n) is 13.4. The summed E-state index contributed by atoms with van der Waals surface area (Å²) in [6, 6.07) is 28.7. The van der Waals surface area contributed by atoms with Gasteiger partial charge >= 0.3 is 0 Å². The summed E-state index contributed by atoms with van der Waals surface area (Å²) in [6.45, 7) is 0. The SMILES string of the molecule is OO[C@]1(c2ccccc2)N=C(c2ccccc2)N=C1c1ccccc1. The van der Waals surface area contributed by atoms with Crippen LogP contribution in [0.4, 0.5) is 0 Å². The fourth-order valence-electron chi connectivity index (χ4n) is 2.96. The molecule has 4 rings (SSSR count). The number of aliphatic imine (C=N–C) groups is 2. The second-order valence-electron chi connectivity index (χ2n) is 5.73. The normalized spacial score (nSPS) is 19.4. The summed E-state index contributed by atoms with van der Waals surface area (Å²) in [7, 11) is 0. The van der Waals surface area contributed by atoms with Crippen LogP contribution >= 0.6 is 0 Å². The van der Waals surface area contributed by atoms with E-state index in [1.165, 1.54) is 0 Å². The van der Waals surface area contributed by atoms with Crippen LogP contribution in [-0.2, 0) is 10.6 Å². The molecule has 122 valence electrons. The predicted octanol–water partition coefficient (Wildman–Crippen LogP) is 4.28. The third kappa shape index (κ3) is 2.67. The Bertz CT molecular complexity index is 922. The molecular formula is C21H16N2O2. The summed E-state index contributed by atoms with van der Waals surface area (Å²) < 4.78 is 0. The van der Waals surface area contributed by atoms with E-state index in [-0.39, 0.29) is 0 Å². The van der Waals surface area contributed by atoms with Crippen LogP contribution in [0, 0.1) is 0 Å². The first-order valence-electron chi connectivity index (χ1n) is 8.01. The van der Waals surface area contributed by atoms with Gasteiger partial charge in [0, 0.05) is 16.7 Å². The summed E-state index contributed by atoms with van der Waals surface area (Å²) >= 11 is 0. The quantitative estimate of drug-likeness (QED) is 0.574. The standard InChI is InChI=1S/C21H16N2O2/c24-25-21(18-14-8-3-9-15-18)19(16-10-4-1-5-11-16)22-20(23-21)17-12-6-2-7-13-17/h1-15,24H/t21-/m0/s1. The van der Waals surface area contributed by atoms with E-state index in [4.69, 9.17) is 9.88 Å². The molecule has 0 fully saturated rings. The van der Waals surface area contributed by atoms with Crippen LogP contribution in [0.3, 0.4) is 0 Å². The fraction of sp³-hybridized carbons (Fsp3) is 0.0476. The lowest BCUT2D eigenvalue weighted by Gasteiger charge is -2.24. The molecule has 1 aliphatic heterocycles. The number of hydrogen-bond acceptors (Lipinski definition) is 4. The third-order valence-electron chi connectivity index (χ3n) is 4.18. The molecule has 0 saturated carbocycles. The number of benzene rings is 3. The van der Waals surface area contributed by atoms with Gasteiger partial charge in [-0.25, -0.2) is 15.2 Å². The molecule has 3 aromatic carbocycles. The zero-order chi connectivity index (χ0) is 17.1. The highest BCUT2D eigenvalue weighted by atomic mass is 17.1. The van der Waals surface area contributed by atoms with Gasteiger partial charge in [-0.05, 0) is 0 Å². The largest absolute Gasteiger partial charge is 0.262 e. The van der Waals surface area contributed by atoms with Crippen molar-refractivity contribution in [1.29, 1.82) is 0 Å². The van der Waals surface area contributed by atoms with Crippen LogP contribution in [0.1, 0.15) is 16.7 Å². The van der Waals surface area contributed by atoms with Crippen LogP contribution in [0.15, 0.2) is 101 Å². The minimum Gasteiger partial charge on any atom is -0.249 e. The maximum atomic E-state index is 9.88. The van der Waals surface area contributed by atoms with Gasteiger partial charge in [-0.2, -0.15) is 4.89 Å². The topological polar surface area (TPSA) is 54.2 Å². The second kappa shape index (κ2) is 6.43. The van der Waals surface area contributed by atoms with Gasteiger partial charge < -0.3 is 0 Å². The highest BCUT2D eigenvalue weighted by molar-refractivity contribution is 6.20. The van der Waals surface area contributed by atoms with Gasteiger partial charge in [0.15, 0.2) is 5.84 Å². The van der Waals surface area contributed by atoms with E-state index < -0.39 is 5.72 Å². The molecule has 0 radical (unpaired) electrons. The fourth-order valence-corrected chi connectivity index (χ4v) is 2.96. The lowest BCUT2D eigenvalue weighted by Crippen LogP contribution is -2.34. The van der Waals surface area contributed by atoms with E-state index >= 15 is 0 Å². The third-order valence-corrected chi connectivity index (χ3v) is 4.18. The Morgan fingerprint density at radius 3 is 1.76 bits per heavy atom. The van der Waals surface area contributed by atoms with Crippen LogP contribution in [0.25, 0.3) is 0 Å². The monoisotopic (exact) mass is 328 g/mol. The summed E-state index contributed by atoms with van der Waals surface area (Å²) in [5.41, 5.74) is 1.60. The Morgan fingerprint density at radius 1 is 0.680 bits per heavy atom. The molecule has 0 bridgehead atoms. The van der Waals surface area contributed by atoms with Crippen molar-refractivity contribution in [3.05, 3.63) is 108 Å². The van der Waals surface area contributed by atoms with Crippen molar-refractivity contribution < 1.29 is 10.1 Å². The smallest absolute Gasteiger partial charge is 0.249 e. The van der Waals surface area contributed by atoms with Crippen molar-refractivity contribution in [2.45, 2.75) is 5.72 Å². The minimum atomic E-state index is -1.38. The van der Waals surface area contributed by atoms with Crippen LogP contribution in [0.5, 0.6) is 0 Å². The Hall–Kier alpha value is -3.08. The van der Waals surface area contributed by atoms with E-state index in [0.29, 0.717) is 17.1 Å². The Balaban J connectivity index is 1.93. The van der Waals surface area contributed by atoms with Crippen LogP contribution in [-0.4, -0.2) is 16.8 Å². The lowest BCUT2D eigenvalue weighted by molar-refractivity contribution is -0.302. The van der Waals surface area contributed by atoms with E-state index in [1.54, 1.807) is 0 Å². The van der Waals surface area contributed by atoms with Crippen molar-refractivity contribution in [3.8, 4) is 0 Å². The van der Waals surface area contributed by atoms with Crippen LogP contribution < -0.4 is 0 Å². The van der Waals surface area contributed by atoms with E-state index in [1.807, 2.05) is 91.0 Å². The molecule has 4 nitrogen and oxygen atoms in total. The van der Waals surface area contributed by atoms with Gasteiger partial charge in [-0.15, -0.1) is 0 Å². The first kappa shape index (κ1) is 15.4. The second-order valence-corrected chi connectivity index (χ2v) is 5.73. The Morgan fingerprint density at radius 2 is 1.20 bits per heavy atom. The van der Waals surface area contributed by atoms with Crippen molar-refractivity contribution in [2.75, 3.05) is 0 Å². The number of amidine groups is 1. The summed E-state index contributed by atoms with van der Waals surface area (Å²) in [5.74, 6) is 0.525. The molecule has 3 aromatic rings. The minimum absolute atomic E-state index is 0.525. The summed E-state index contributed by atoms with van der Waals surface area (Å²) in [6.07, 6.45) is 0. The maximum absolute atomic E-state index is 9.88. The van der Waals surface area contributed by atoms with Crippen molar-refractivity contribution in [3.63, 3.8) is 0 Å². The van der Waals surface area contributed by atoms with E-state index in [2.05, 4.69) is 4.99 Å². The van der Waals surface area contributed by atoms with Gasteiger partial charge in [0.1, 0.15) is 5.71 Å². The Labute approximate surface area is 145 Å². The van der Waals surface area contributed by atoms with Gasteiger partial charge in [-0.1, -0.05) is 91.0 Å². The molecule has 1 heterocycles. The molecule has 0 aromatic heterocycles. The predicted molar refractivity (Wildman–Crippen MR) is 97.8 cm³/mol. The van der Waals surface area contributed by atoms with Gasteiger partial charge in [0.25, 0.3) is 5.72 Å². The molecule has 0 saturated heterocycles. The Kier molecular flexibility index (Phi) is 3.98. The van der Waals surface area contributed by atoms with Crippen molar-refractivity contribution in [1.82, 2.24) is 0 Å². The molecule has 1 atom stereocenters. The van der Waals surface area contributed by atoms with Crippen molar-refractivity contribution in [2.24, 2.45) is 9.98 Å². The molecule has 4 heteroatoms. The number of hydrogen-bond donors (Lipinski definition) is 1.